The van der Waals surface area contributed by atoms with E-state index >= 15 is 0 Å². The molecule has 1 fully saturated rings. The first-order valence-electron chi connectivity index (χ1n) is 12.9. The fraction of sp³-hybridized carbons (Fsp3) is 0.194. The highest BCUT2D eigenvalue weighted by atomic mass is 35.5. The first-order valence-corrected chi connectivity index (χ1v) is 13.3. The van der Waals surface area contributed by atoms with E-state index in [0.717, 1.165) is 84.4 Å². The largest absolute Gasteiger partial charge is 0.440 e. The molecule has 0 aliphatic heterocycles. The number of halogens is 1. The van der Waals surface area contributed by atoms with E-state index in [1.807, 2.05) is 24.4 Å². The number of aromatic nitrogens is 4. The topological polar surface area (TPSA) is 67.6 Å². The van der Waals surface area contributed by atoms with Crippen LogP contribution < -0.4 is 0 Å². The molecule has 4 aromatic carbocycles. The summed E-state index contributed by atoms with van der Waals surface area (Å²) in [7, 11) is 0. The molecule has 180 valence electrons. The quantitative estimate of drug-likeness (QED) is 0.189. The molecule has 1 aliphatic carbocycles. The van der Waals surface area contributed by atoms with Crippen molar-refractivity contribution in [1.29, 1.82) is 0 Å². The normalized spacial score (nSPS) is 15.1. The first kappa shape index (κ1) is 21.2. The molecule has 3 heterocycles. The van der Waals surface area contributed by atoms with Crippen molar-refractivity contribution in [3.05, 3.63) is 77.8 Å². The minimum absolute atomic E-state index is 0.364. The number of nitrogens with one attached hydrogen (secondary N) is 1. The Morgan fingerprint density at radius 1 is 0.784 bits per heavy atom. The lowest BCUT2D eigenvalue weighted by molar-refractivity contribution is 0.374. The predicted molar refractivity (Wildman–Crippen MR) is 150 cm³/mol. The van der Waals surface area contributed by atoms with Crippen molar-refractivity contribution in [1.82, 2.24) is 20.2 Å². The van der Waals surface area contributed by atoms with E-state index in [4.69, 9.17) is 26.0 Å². The van der Waals surface area contributed by atoms with Crippen molar-refractivity contribution < 1.29 is 4.42 Å². The summed E-state index contributed by atoms with van der Waals surface area (Å²) in [6, 6.07) is 20.6. The minimum atomic E-state index is 0.364. The van der Waals surface area contributed by atoms with Crippen molar-refractivity contribution in [2.45, 2.75) is 38.0 Å². The molecular weight excluding hydrogens is 480 g/mol. The highest BCUT2D eigenvalue weighted by Crippen LogP contribution is 2.46. The van der Waals surface area contributed by atoms with Crippen molar-refractivity contribution in [2.75, 3.05) is 0 Å². The van der Waals surface area contributed by atoms with E-state index in [1.54, 1.807) is 0 Å². The van der Waals surface area contributed by atoms with Crippen LogP contribution in [-0.4, -0.2) is 20.2 Å². The van der Waals surface area contributed by atoms with Gasteiger partial charge in [0.15, 0.2) is 11.5 Å². The molecule has 1 saturated carbocycles. The monoisotopic (exact) mass is 502 g/mol. The molecule has 0 radical (unpaired) electrons. The molecule has 7 aromatic rings. The summed E-state index contributed by atoms with van der Waals surface area (Å²) in [5.41, 5.74) is 6.68. The Balaban J connectivity index is 1.62. The molecule has 5 nitrogen and oxygen atoms in total. The average Bonchev–Trinajstić information content (AvgIpc) is 3.61. The third kappa shape index (κ3) is 3.13. The van der Waals surface area contributed by atoms with Crippen LogP contribution in [0.2, 0.25) is 5.02 Å². The van der Waals surface area contributed by atoms with Crippen LogP contribution in [0.15, 0.2) is 71.3 Å². The number of benzene rings is 4. The number of hydrogen-bond donors (Lipinski definition) is 1. The fourth-order valence-electron chi connectivity index (χ4n) is 6.21. The Bertz CT molecular complexity index is 1980. The lowest BCUT2D eigenvalue weighted by Crippen LogP contribution is -2.04. The van der Waals surface area contributed by atoms with Crippen LogP contribution in [0.1, 0.15) is 43.9 Å². The van der Waals surface area contributed by atoms with Gasteiger partial charge in [0.2, 0.25) is 0 Å². The van der Waals surface area contributed by atoms with Crippen molar-refractivity contribution in [3.8, 4) is 11.1 Å². The van der Waals surface area contributed by atoms with Crippen LogP contribution in [-0.2, 0) is 0 Å². The first-order chi connectivity index (χ1) is 18.3. The van der Waals surface area contributed by atoms with Gasteiger partial charge in [0.05, 0.1) is 28.1 Å². The van der Waals surface area contributed by atoms with E-state index in [9.17, 15) is 0 Å². The summed E-state index contributed by atoms with van der Waals surface area (Å²) < 4.78 is 6.76. The number of H-pyrrole nitrogens is 1. The van der Waals surface area contributed by atoms with Gasteiger partial charge in [0.25, 0.3) is 0 Å². The smallest absolute Gasteiger partial charge is 0.198 e. The molecule has 8 rings (SSSR count). The molecule has 0 bridgehead atoms. The summed E-state index contributed by atoms with van der Waals surface area (Å²) in [6.07, 6.45) is 7.89. The summed E-state index contributed by atoms with van der Waals surface area (Å²) in [5, 5.41) is 13.4. The Morgan fingerprint density at radius 3 is 2.38 bits per heavy atom. The molecule has 6 heteroatoms. The molecule has 0 unspecified atom stereocenters. The molecule has 0 saturated heterocycles. The van der Waals surface area contributed by atoms with Crippen molar-refractivity contribution in [2.24, 2.45) is 0 Å². The lowest BCUT2D eigenvalue weighted by atomic mass is 9.89. The zero-order chi connectivity index (χ0) is 24.5. The van der Waals surface area contributed by atoms with Crippen LogP contribution in [0.5, 0.6) is 0 Å². The molecule has 0 atom stereocenters. The molecule has 0 amide bonds. The van der Waals surface area contributed by atoms with Gasteiger partial charge in [-0.15, -0.1) is 0 Å². The second kappa shape index (κ2) is 8.02. The molecule has 0 spiro atoms. The van der Waals surface area contributed by atoms with Gasteiger partial charge in [0, 0.05) is 38.0 Å². The minimum Gasteiger partial charge on any atom is -0.440 e. The number of nitrogens with zero attached hydrogens (tertiary/aromatic N) is 3. The van der Waals surface area contributed by atoms with Crippen molar-refractivity contribution >= 4 is 66.2 Å². The van der Waals surface area contributed by atoms with Crippen LogP contribution >= 0.6 is 11.6 Å². The third-order valence-electron chi connectivity index (χ3n) is 7.97. The van der Waals surface area contributed by atoms with E-state index in [0.29, 0.717) is 10.9 Å². The second-order valence-electron chi connectivity index (χ2n) is 10.1. The van der Waals surface area contributed by atoms with Gasteiger partial charge in [-0.2, -0.15) is 5.10 Å². The molecular formula is C31H23ClN4O. The maximum atomic E-state index is 6.76. The number of fused-ring (bicyclic) bond motifs is 9. The summed E-state index contributed by atoms with van der Waals surface area (Å²) in [6.45, 7) is 0. The van der Waals surface area contributed by atoms with Gasteiger partial charge in [-0.25, -0.2) is 9.97 Å². The van der Waals surface area contributed by atoms with E-state index in [2.05, 4.69) is 52.7 Å². The predicted octanol–water partition coefficient (Wildman–Crippen LogP) is 8.93. The summed E-state index contributed by atoms with van der Waals surface area (Å²) in [4.78, 5) is 10.4. The van der Waals surface area contributed by atoms with E-state index in [1.165, 1.54) is 19.3 Å². The summed E-state index contributed by atoms with van der Waals surface area (Å²) in [5.74, 6) is 1.22. The Morgan fingerprint density at radius 2 is 1.57 bits per heavy atom. The zero-order valence-electron chi connectivity index (χ0n) is 20.1. The van der Waals surface area contributed by atoms with Gasteiger partial charge in [-0.05, 0) is 42.7 Å². The molecule has 3 aromatic heterocycles. The van der Waals surface area contributed by atoms with E-state index in [-0.39, 0.29) is 0 Å². The number of rotatable bonds is 2. The maximum absolute atomic E-state index is 6.76. The van der Waals surface area contributed by atoms with Crippen LogP contribution in [0, 0.1) is 0 Å². The third-order valence-corrected chi connectivity index (χ3v) is 8.22. The van der Waals surface area contributed by atoms with Crippen LogP contribution in [0.4, 0.5) is 0 Å². The molecule has 1 N–H and O–H groups in total. The van der Waals surface area contributed by atoms with Gasteiger partial charge in [0.1, 0.15) is 5.52 Å². The standard InChI is InChI=1S/C31H23ClN4O/c32-19-12-10-17(11-13-19)25-26-22-16-33-36-23(22)14-15-24(26)34-28-20-8-4-5-9-21(20)29-30(27(25)28)37-31(35-29)18-6-2-1-3-7-18/h4-5,8-16,18H,1-3,6-7H2,(H,33,36). The Labute approximate surface area is 217 Å². The van der Waals surface area contributed by atoms with Crippen LogP contribution in [0.25, 0.3) is 65.7 Å². The van der Waals surface area contributed by atoms with Gasteiger partial charge in [-0.1, -0.05) is 67.3 Å². The number of hydrogen-bond acceptors (Lipinski definition) is 4. The average molecular weight is 503 g/mol. The fourth-order valence-corrected chi connectivity index (χ4v) is 6.34. The van der Waals surface area contributed by atoms with Crippen LogP contribution in [0.3, 0.4) is 0 Å². The number of oxazole rings is 1. The lowest BCUT2D eigenvalue weighted by Gasteiger charge is -2.17. The highest BCUT2D eigenvalue weighted by molar-refractivity contribution is 6.32. The SMILES string of the molecule is Clc1ccc(-c2c3c(ccc4[nH]ncc43)nc3c4ccccc4c4nc(C5CCCCC5)oc4c23)cc1. The Kier molecular flexibility index (Phi) is 4.59. The molecule has 37 heavy (non-hydrogen) atoms. The zero-order valence-corrected chi connectivity index (χ0v) is 20.8. The second-order valence-corrected chi connectivity index (χ2v) is 10.6. The maximum Gasteiger partial charge on any atom is 0.198 e. The molecule has 1 aliphatic rings. The summed E-state index contributed by atoms with van der Waals surface area (Å²) >= 11 is 6.32. The van der Waals surface area contributed by atoms with Gasteiger partial charge >= 0.3 is 0 Å². The number of pyridine rings is 1. The highest BCUT2D eigenvalue weighted by Gasteiger charge is 2.26. The van der Waals surface area contributed by atoms with Gasteiger partial charge < -0.3 is 4.42 Å². The van der Waals surface area contributed by atoms with E-state index < -0.39 is 0 Å². The van der Waals surface area contributed by atoms with Gasteiger partial charge in [-0.3, -0.25) is 5.10 Å². The van der Waals surface area contributed by atoms with Crippen molar-refractivity contribution in [3.63, 3.8) is 0 Å². The Hall–Kier alpha value is -3.96. The number of aromatic amines is 1.